The van der Waals surface area contributed by atoms with Crippen LogP contribution < -0.4 is 9.47 Å². The van der Waals surface area contributed by atoms with Crippen LogP contribution in [0.1, 0.15) is 5.56 Å². The Morgan fingerprint density at radius 1 is 1.00 bits per heavy atom. The minimum Gasteiger partial charge on any atom is -0.493 e. The van der Waals surface area contributed by atoms with Gasteiger partial charge in [0, 0.05) is 13.1 Å². The molecule has 0 aromatic heterocycles. The van der Waals surface area contributed by atoms with Gasteiger partial charge in [-0.3, -0.25) is 4.90 Å². The molecule has 0 bridgehead atoms. The van der Waals surface area contributed by atoms with Crippen molar-refractivity contribution in [2.75, 3.05) is 53.7 Å². The van der Waals surface area contributed by atoms with Crippen molar-refractivity contribution in [3.05, 3.63) is 23.8 Å². The monoisotopic (exact) mass is 279 g/mol. The van der Waals surface area contributed by atoms with Gasteiger partial charge in [0.1, 0.15) is 0 Å². The van der Waals surface area contributed by atoms with Crippen LogP contribution in [0.5, 0.6) is 11.5 Å². The van der Waals surface area contributed by atoms with E-state index in [0.29, 0.717) is 0 Å². The van der Waals surface area contributed by atoms with Crippen molar-refractivity contribution in [3.63, 3.8) is 0 Å². The first-order valence-electron chi connectivity index (χ1n) is 6.93. The van der Waals surface area contributed by atoms with Crippen LogP contribution in [0.4, 0.5) is 0 Å². The first kappa shape index (κ1) is 13.7. The van der Waals surface area contributed by atoms with Gasteiger partial charge in [0.2, 0.25) is 0 Å². The van der Waals surface area contributed by atoms with Crippen LogP contribution in [-0.2, 0) is 15.0 Å². The Hall–Kier alpha value is -1.30. The second-order valence-corrected chi connectivity index (χ2v) is 5.19. The first-order valence-corrected chi connectivity index (χ1v) is 6.93. The number of rotatable bonds is 4. The van der Waals surface area contributed by atoms with E-state index in [1.807, 2.05) is 6.07 Å². The molecular weight excluding hydrogens is 258 g/mol. The molecule has 1 aromatic rings. The Bertz CT molecular complexity index is 467. The van der Waals surface area contributed by atoms with E-state index in [2.05, 4.69) is 17.0 Å². The average Bonchev–Trinajstić information content (AvgIpc) is 2.47. The van der Waals surface area contributed by atoms with Gasteiger partial charge in [0.25, 0.3) is 0 Å². The van der Waals surface area contributed by atoms with Gasteiger partial charge in [-0.2, -0.15) is 0 Å². The summed E-state index contributed by atoms with van der Waals surface area (Å²) < 4.78 is 21.7. The minimum atomic E-state index is -0.0384. The van der Waals surface area contributed by atoms with Gasteiger partial charge in [-0.15, -0.1) is 0 Å². The molecule has 0 aliphatic carbocycles. The molecule has 20 heavy (non-hydrogen) atoms. The van der Waals surface area contributed by atoms with Crippen LogP contribution in [0, 0.1) is 0 Å². The number of methoxy groups -OCH3 is 2. The molecule has 0 unspecified atom stereocenters. The highest BCUT2D eigenvalue weighted by molar-refractivity contribution is 5.45. The lowest BCUT2D eigenvalue weighted by Gasteiger charge is -2.51. The number of morpholine rings is 1. The maximum Gasteiger partial charge on any atom is 0.161 e. The fourth-order valence-electron chi connectivity index (χ4n) is 2.94. The highest BCUT2D eigenvalue weighted by Gasteiger charge is 2.46. The van der Waals surface area contributed by atoms with Crippen molar-refractivity contribution >= 4 is 0 Å². The van der Waals surface area contributed by atoms with E-state index in [-0.39, 0.29) is 5.54 Å². The molecule has 2 aliphatic rings. The molecule has 0 radical (unpaired) electrons. The highest BCUT2D eigenvalue weighted by Crippen LogP contribution is 2.40. The summed E-state index contributed by atoms with van der Waals surface area (Å²) in [5, 5.41) is 0. The fraction of sp³-hybridized carbons (Fsp3) is 0.600. The molecule has 0 saturated carbocycles. The van der Waals surface area contributed by atoms with E-state index in [1.54, 1.807) is 14.2 Å². The van der Waals surface area contributed by atoms with Gasteiger partial charge in [-0.25, -0.2) is 0 Å². The lowest BCUT2D eigenvalue weighted by Crippen LogP contribution is -2.62. The van der Waals surface area contributed by atoms with Crippen LogP contribution in [0.2, 0.25) is 0 Å². The molecule has 0 spiro atoms. The predicted molar refractivity (Wildman–Crippen MR) is 74.4 cm³/mol. The Labute approximate surface area is 119 Å². The zero-order chi connectivity index (χ0) is 14.0. The normalized spacial score (nSPS) is 22.1. The molecule has 2 fully saturated rings. The van der Waals surface area contributed by atoms with E-state index in [1.165, 1.54) is 5.56 Å². The van der Waals surface area contributed by atoms with Crippen molar-refractivity contribution in [1.82, 2.24) is 4.90 Å². The number of hydrogen-bond acceptors (Lipinski definition) is 5. The first-order chi connectivity index (χ1) is 9.80. The van der Waals surface area contributed by atoms with Crippen LogP contribution in [0.3, 0.4) is 0 Å². The van der Waals surface area contributed by atoms with Crippen molar-refractivity contribution < 1.29 is 18.9 Å². The molecule has 5 nitrogen and oxygen atoms in total. The predicted octanol–water partition coefficient (Wildman–Crippen LogP) is 1.26. The van der Waals surface area contributed by atoms with Crippen molar-refractivity contribution in [1.29, 1.82) is 0 Å². The maximum atomic E-state index is 5.52. The molecule has 110 valence electrons. The molecule has 3 rings (SSSR count). The summed E-state index contributed by atoms with van der Waals surface area (Å²) in [6, 6.07) is 6.14. The second-order valence-electron chi connectivity index (χ2n) is 5.19. The summed E-state index contributed by atoms with van der Waals surface area (Å²) in [6.45, 7) is 4.91. The van der Waals surface area contributed by atoms with Crippen LogP contribution in [-0.4, -0.2) is 58.6 Å². The SMILES string of the molecule is COc1ccc(C2(N3CCOCC3)COC2)cc1OC. The molecule has 0 atom stereocenters. The van der Waals surface area contributed by atoms with Crippen LogP contribution in [0.15, 0.2) is 18.2 Å². The zero-order valence-electron chi connectivity index (χ0n) is 12.1. The summed E-state index contributed by atoms with van der Waals surface area (Å²) in [6.07, 6.45) is 0. The zero-order valence-corrected chi connectivity index (χ0v) is 12.1. The van der Waals surface area contributed by atoms with Crippen LogP contribution >= 0.6 is 0 Å². The molecule has 5 heteroatoms. The Balaban J connectivity index is 1.92. The number of ether oxygens (including phenoxy) is 4. The molecule has 0 N–H and O–H groups in total. The molecular formula is C15H21NO4. The molecule has 0 amide bonds. The molecule has 2 saturated heterocycles. The summed E-state index contributed by atoms with van der Waals surface area (Å²) in [5.41, 5.74) is 1.19. The van der Waals surface area contributed by atoms with Gasteiger partial charge >= 0.3 is 0 Å². The third kappa shape index (κ3) is 2.16. The van der Waals surface area contributed by atoms with E-state index in [4.69, 9.17) is 18.9 Å². The van der Waals surface area contributed by atoms with Gasteiger partial charge in [0.05, 0.1) is 46.2 Å². The smallest absolute Gasteiger partial charge is 0.161 e. The summed E-state index contributed by atoms with van der Waals surface area (Å²) in [7, 11) is 3.32. The molecule has 1 aromatic carbocycles. The molecule has 2 heterocycles. The summed E-state index contributed by atoms with van der Waals surface area (Å²) >= 11 is 0. The summed E-state index contributed by atoms with van der Waals surface area (Å²) in [5.74, 6) is 1.53. The average molecular weight is 279 g/mol. The van der Waals surface area contributed by atoms with Crippen molar-refractivity contribution in [2.24, 2.45) is 0 Å². The van der Waals surface area contributed by atoms with E-state index < -0.39 is 0 Å². The van der Waals surface area contributed by atoms with Gasteiger partial charge in [-0.1, -0.05) is 6.07 Å². The van der Waals surface area contributed by atoms with E-state index in [9.17, 15) is 0 Å². The Morgan fingerprint density at radius 2 is 1.70 bits per heavy atom. The highest BCUT2D eigenvalue weighted by atomic mass is 16.5. The van der Waals surface area contributed by atoms with Gasteiger partial charge in [0.15, 0.2) is 11.5 Å². The van der Waals surface area contributed by atoms with E-state index in [0.717, 1.165) is 51.0 Å². The largest absolute Gasteiger partial charge is 0.493 e. The van der Waals surface area contributed by atoms with E-state index >= 15 is 0 Å². The lowest BCUT2D eigenvalue weighted by atomic mass is 9.85. The maximum absolute atomic E-state index is 5.52. The molecule has 2 aliphatic heterocycles. The van der Waals surface area contributed by atoms with Crippen molar-refractivity contribution in [3.8, 4) is 11.5 Å². The third-order valence-corrected chi connectivity index (χ3v) is 4.22. The number of nitrogens with zero attached hydrogens (tertiary/aromatic N) is 1. The minimum absolute atomic E-state index is 0.0384. The van der Waals surface area contributed by atoms with Crippen molar-refractivity contribution in [2.45, 2.75) is 5.54 Å². The standard InChI is InChI=1S/C15H21NO4/c1-17-13-4-3-12(9-14(13)18-2)15(10-20-11-15)16-5-7-19-8-6-16/h3-4,9H,5-8,10-11H2,1-2H3. The Morgan fingerprint density at radius 3 is 2.25 bits per heavy atom. The van der Waals surface area contributed by atoms with Gasteiger partial charge in [-0.05, 0) is 17.7 Å². The quantitative estimate of drug-likeness (QED) is 0.830. The summed E-state index contributed by atoms with van der Waals surface area (Å²) in [4.78, 5) is 2.46. The topological polar surface area (TPSA) is 40.2 Å². The second kappa shape index (κ2) is 5.60. The Kier molecular flexibility index (Phi) is 3.83. The fourth-order valence-corrected chi connectivity index (χ4v) is 2.94. The number of benzene rings is 1. The number of hydrogen-bond donors (Lipinski definition) is 0. The van der Waals surface area contributed by atoms with Crippen LogP contribution in [0.25, 0.3) is 0 Å². The van der Waals surface area contributed by atoms with Gasteiger partial charge < -0.3 is 18.9 Å². The lowest BCUT2D eigenvalue weighted by molar-refractivity contribution is -0.166. The third-order valence-electron chi connectivity index (χ3n) is 4.22.